The van der Waals surface area contributed by atoms with Crippen LogP contribution in [0.2, 0.25) is 0 Å². The van der Waals surface area contributed by atoms with Gasteiger partial charge in [-0.1, -0.05) is 31.0 Å². The highest BCUT2D eigenvalue weighted by Crippen LogP contribution is 2.10. The first-order valence-electron chi connectivity index (χ1n) is 6.18. The smallest absolute Gasteiger partial charge is 0.220 e. The fourth-order valence-corrected chi connectivity index (χ4v) is 1.42. The van der Waals surface area contributed by atoms with Crippen LogP contribution in [-0.2, 0) is 4.79 Å². The average molecular weight is 235 g/mol. The Morgan fingerprint density at radius 1 is 1.29 bits per heavy atom. The van der Waals surface area contributed by atoms with Gasteiger partial charge in [0.05, 0.1) is 6.54 Å². The van der Waals surface area contributed by atoms with Gasteiger partial charge in [0.25, 0.3) is 0 Å². The van der Waals surface area contributed by atoms with Gasteiger partial charge in [-0.05, 0) is 25.5 Å². The number of benzene rings is 1. The van der Waals surface area contributed by atoms with Gasteiger partial charge in [0.15, 0.2) is 0 Å². The topological polar surface area (TPSA) is 38.3 Å². The maximum atomic E-state index is 11.3. The van der Waals surface area contributed by atoms with Crippen molar-refractivity contribution >= 4 is 5.91 Å². The first-order valence-corrected chi connectivity index (χ1v) is 6.18. The molecule has 0 saturated heterocycles. The lowest BCUT2D eigenvalue weighted by atomic mass is 10.2. The van der Waals surface area contributed by atoms with Gasteiger partial charge in [-0.25, -0.2) is 0 Å². The van der Waals surface area contributed by atoms with Crippen LogP contribution in [0.25, 0.3) is 0 Å². The summed E-state index contributed by atoms with van der Waals surface area (Å²) in [6.07, 6.45) is 2.61. The monoisotopic (exact) mass is 235 g/mol. The number of nitrogens with one attached hydrogen (secondary N) is 1. The van der Waals surface area contributed by atoms with Crippen molar-refractivity contribution in [2.24, 2.45) is 0 Å². The molecule has 1 aromatic carbocycles. The van der Waals surface area contributed by atoms with Crippen molar-refractivity contribution in [3.63, 3.8) is 0 Å². The van der Waals surface area contributed by atoms with Crippen LogP contribution >= 0.6 is 0 Å². The SMILES string of the molecule is CCCCC(=O)NCCOc1ccc(C)cc1. The standard InChI is InChI=1S/C14H21NO2/c1-3-4-5-14(16)15-10-11-17-13-8-6-12(2)7-9-13/h6-9H,3-5,10-11H2,1-2H3,(H,15,16). The van der Waals surface area contributed by atoms with Crippen molar-refractivity contribution in [2.75, 3.05) is 13.2 Å². The quantitative estimate of drug-likeness (QED) is 0.738. The Morgan fingerprint density at radius 3 is 2.65 bits per heavy atom. The number of carbonyl (C=O) groups is 1. The van der Waals surface area contributed by atoms with Gasteiger partial charge in [0.2, 0.25) is 5.91 Å². The third-order valence-electron chi connectivity index (χ3n) is 2.47. The van der Waals surface area contributed by atoms with Crippen molar-refractivity contribution in [2.45, 2.75) is 33.1 Å². The normalized spacial score (nSPS) is 10.0. The van der Waals surface area contributed by atoms with Crippen LogP contribution in [-0.4, -0.2) is 19.1 Å². The number of unbranched alkanes of at least 4 members (excludes halogenated alkanes) is 1. The highest BCUT2D eigenvalue weighted by molar-refractivity contribution is 5.75. The van der Waals surface area contributed by atoms with Gasteiger partial charge in [-0.15, -0.1) is 0 Å². The molecule has 0 aromatic heterocycles. The lowest BCUT2D eigenvalue weighted by molar-refractivity contribution is -0.121. The number of hydrogen-bond acceptors (Lipinski definition) is 2. The molecule has 3 heteroatoms. The Kier molecular flexibility index (Phi) is 6.15. The molecule has 0 spiro atoms. The molecule has 0 bridgehead atoms. The molecular formula is C14H21NO2. The largest absolute Gasteiger partial charge is 0.492 e. The van der Waals surface area contributed by atoms with Crippen LogP contribution < -0.4 is 10.1 Å². The Bertz CT molecular complexity index is 333. The summed E-state index contributed by atoms with van der Waals surface area (Å²) in [6, 6.07) is 7.90. The summed E-state index contributed by atoms with van der Waals surface area (Å²) < 4.78 is 5.50. The van der Waals surface area contributed by atoms with E-state index >= 15 is 0 Å². The van der Waals surface area contributed by atoms with E-state index in [1.807, 2.05) is 31.2 Å². The predicted molar refractivity (Wildman–Crippen MR) is 69.2 cm³/mol. The minimum atomic E-state index is 0.111. The maximum Gasteiger partial charge on any atom is 0.220 e. The minimum Gasteiger partial charge on any atom is -0.492 e. The van der Waals surface area contributed by atoms with Gasteiger partial charge in [0.1, 0.15) is 12.4 Å². The number of carbonyl (C=O) groups excluding carboxylic acids is 1. The van der Waals surface area contributed by atoms with Crippen LogP contribution in [0.5, 0.6) is 5.75 Å². The van der Waals surface area contributed by atoms with Gasteiger partial charge < -0.3 is 10.1 Å². The van der Waals surface area contributed by atoms with Crippen molar-refractivity contribution in [1.29, 1.82) is 0 Å². The van der Waals surface area contributed by atoms with Crippen LogP contribution in [0.1, 0.15) is 31.7 Å². The van der Waals surface area contributed by atoms with E-state index in [0.29, 0.717) is 19.6 Å². The van der Waals surface area contributed by atoms with E-state index in [2.05, 4.69) is 12.2 Å². The third-order valence-corrected chi connectivity index (χ3v) is 2.47. The molecule has 0 aliphatic rings. The van der Waals surface area contributed by atoms with Gasteiger partial charge in [0, 0.05) is 6.42 Å². The van der Waals surface area contributed by atoms with Crippen molar-refractivity contribution in [1.82, 2.24) is 5.32 Å². The maximum absolute atomic E-state index is 11.3. The summed E-state index contributed by atoms with van der Waals surface area (Å²) in [5.74, 6) is 0.956. The summed E-state index contributed by atoms with van der Waals surface area (Å²) in [7, 11) is 0. The molecule has 0 fully saturated rings. The first kappa shape index (κ1) is 13.6. The second-order valence-electron chi connectivity index (χ2n) is 4.12. The zero-order valence-corrected chi connectivity index (χ0v) is 10.7. The van der Waals surface area contributed by atoms with Crippen LogP contribution in [0, 0.1) is 6.92 Å². The molecule has 17 heavy (non-hydrogen) atoms. The molecule has 1 rings (SSSR count). The van der Waals surface area contributed by atoms with Gasteiger partial charge in [-0.2, -0.15) is 0 Å². The van der Waals surface area contributed by atoms with E-state index < -0.39 is 0 Å². The molecule has 0 aliphatic heterocycles. The van der Waals surface area contributed by atoms with E-state index in [1.165, 1.54) is 5.56 Å². The second kappa shape index (κ2) is 7.71. The molecule has 1 aromatic rings. The molecule has 0 aliphatic carbocycles. The van der Waals surface area contributed by atoms with Crippen molar-refractivity contribution in [3.05, 3.63) is 29.8 Å². The highest BCUT2D eigenvalue weighted by Gasteiger charge is 1.99. The number of hydrogen-bond donors (Lipinski definition) is 1. The molecule has 0 unspecified atom stereocenters. The van der Waals surface area contributed by atoms with E-state index in [1.54, 1.807) is 0 Å². The molecule has 0 heterocycles. The molecular weight excluding hydrogens is 214 g/mol. The molecule has 1 amide bonds. The lowest BCUT2D eigenvalue weighted by Crippen LogP contribution is -2.27. The summed E-state index contributed by atoms with van der Waals surface area (Å²) in [4.78, 5) is 11.3. The van der Waals surface area contributed by atoms with Crippen LogP contribution in [0.4, 0.5) is 0 Å². The molecule has 1 N–H and O–H groups in total. The number of amides is 1. The zero-order valence-electron chi connectivity index (χ0n) is 10.7. The Labute approximate surface area is 103 Å². The Morgan fingerprint density at radius 2 is 2.00 bits per heavy atom. The van der Waals surface area contributed by atoms with E-state index in [-0.39, 0.29) is 5.91 Å². The zero-order chi connectivity index (χ0) is 12.5. The third kappa shape index (κ3) is 5.95. The molecule has 94 valence electrons. The Hall–Kier alpha value is -1.51. The fourth-order valence-electron chi connectivity index (χ4n) is 1.42. The number of ether oxygens (including phenoxy) is 1. The minimum absolute atomic E-state index is 0.111. The molecule has 0 radical (unpaired) electrons. The summed E-state index contributed by atoms with van der Waals surface area (Å²) in [6.45, 7) is 5.20. The molecule has 0 atom stereocenters. The van der Waals surface area contributed by atoms with Crippen molar-refractivity contribution in [3.8, 4) is 5.75 Å². The summed E-state index contributed by atoms with van der Waals surface area (Å²) >= 11 is 0. The number of rotatable bonds is 7. The van der Waals surface area contributed by atoms with Gasteiger partial charge in [-0.3, -0.25) is 4.79 Å². The number of aryl methyl sites for hydroxylation is 1. The molecule has 0 saturated carbocycles. The van der Waals surface area contributed by atoms with Crippen molar-refractivity contribution < 1.29 is 9.53 Å². The van der Waals surface area contributed by atoms with Crippen LogP contribution in [0.3, 0.4) is 0 Å². The van der Waals surface area contributed by atoms with E-state index in [0.717, 1.165) is 18.6 Å². The average Bonchev–Trinajstić information content (AvgIpc) is 2.34. The van der Waals surface area contributed by atoms with E-state index in [9.17, 15) is 4.79 Å². The lowest BCUT2D eigenvalue weighted by Gasteiger charge is -2.07. The fraction of sp³-hybridized carbons (Fsp3) is 0.500. The predicted octanol–water partition coefficient (Wildman–Crippen LogP) is 2.68. The summed E-state index contributed by atoms with van der Waals surface area (Å²) in [5.41, 5.74) is 1.21. The summed E-state index contributed by atoms with van der Waals surface area (Å²) in [5, 5.41) is 2.84. The van der Waals surface area contributed by atoms with E-state index in [4.69, 9.17) is 4.74 Å². The van der Waals surface area contributed by atoms with Crippen LogP contribution in [0.15, 0.2) is 24.3 Å². The molecule has 3 nitrogen and oxygen atoms in total. The highest BCUT2D eigenvalue weighted by atomic mass is 16.5. The van der Waals surface area contributed by atoms with Gasteiger partial charge >= 0.3 is 0 Å². The Balaban J connectivity index is 2.11. The first-order chi connectivity index (χ1) is 8.22. The second-order valence-corrected chi connectivity index (χ2v) is 4.12.